The highest BCUT2D eigenvalue weighted by molar-refractivity contribution is 5.69. The van der Waals surface area contributed by atoms with Crippen molar-refractivity contribution in [1.29, 1.82) is 0 Å². The van der Waals surface area contributed by atoms with Gasteiger partial charge >= 0.3 is 5.97 Å². The SMILES string of the molecule is Cc1ccc(CN(CC(=O)O)C2CCCC2)o1. The van der Waals surface area contributed by atoms with E-state index in [2.05, 4.69) is 0 Å². The quantitative estimate of drug-likeness (QED) is 0.854. The second-order valence-corrected chi connectivity index (χ2v) is 4.75. The summed E-state index contributed by atoms with van der Waals surface area (Å²) in [4.78, 5) is 12.9. The van der Waals surface area contributed by atoms with Crippen molar-refractivity contribution >= 4 is 5.97 Å². The van der Waals surface area contributed by atoms with Crippen molar-refractivity contribution in [2.45, 2.75) is 45.2 Å². The molecule has 1 aliphatic carbocycles. The van der Waals surface area contributed by atoms with E-state index in [4.69, 9.17) is 9.52 Å². The van der Waals surface area contributed by atoms with E-state index < -0.39 is 5.97 Å². The van der Waals surface area contributed by atoms with Crippen LogP contribution in [0, 0.1) is 6.92 Å². The number of carboxylic acids is 1. The summed E-state index contributed by atoms with van der Waals surface area (Å²) in [7, 11) is 0. The van der Waals surface area contributed by atoms with E-state index in [1.165, 1.54) is 12.8 Å². The number of nitrogens with zero attached hydrogens (tertiary/aromatic N) is 1. The zero-order valence-corrected chi connectivity index (χ0v) is 10.2. The topological polar surface area (TPSA) is 53.7 Å². The number of furan rings is 1. The van der Waals surface area contributed by atoms with Crippen molar-refractivity contribution in [2.75, 3.05) is 6.54 Å². The van der Waals surface area contributed by atoms with Crippen LogP contribution in [-0.4, -0.2) is 28.6 Å². The fraction of sp³-hybridized carbons (Fsp3) is 0.615. The van der Waals surface area contributed by atoms with Crippen molar-refractivity contribution in [2.24, 2.45) is 0 Å². The van der Waals surface area contributed by atoms with E-state index in [1.807, 2.05) is 24.0 Å². The van der Waals surface area contributed by atoms with Crippen LogP contribution in [0.5, 0.6) is 0 Å². The molecular formula is C13H19NO3. The number of carbonyl (C=O) groups is 1. The molecule has 1 aromatic rings. The molecule has 1 N–H and O–H groups in total. The third-order valence-corrected chi connectivity index (χ3v) is 3.33. The Hall–Kier alpha value is -1.29. The number of rotatable bonds is 5. The first-order chi connectivity index (χ1) is 8.15. The van der Waals surface area contributed by atoms with Crippen LogP contribution >= 0.6 is 0 Å². The van der Waals surface area contributed by atoms with Gasteiger partial charge in [0.05, 0.1) is 13.1 Å². The van der Waals surface area contributed by atoms with Gasteiger partial charge in [-0.25, -0.2) is 0 Å². The summed E-state index contributed by atoms with van der Waals surface area (Å²) >= 11 is 0. The normalized spacial score (nSPS) is 16.8. The van der Waals surface area contributed by atoms with Gasteiger partial charge in [0.1, 0.15) is 11.5 Å². The molecule has 17 heavy (non-hydrogen) atoms. The lowest BCUT2D eigenvalue weighted by atomic mass is 10.2. The summed E-state index contributed by atoms with van der Waals surface area (Å²) < 4.78 is 5.52. The summed E-state index contributed by atoms with van der Waals surface area (Å²) in [5.41, 5.74) is 0. The Labute approximate surface area is 101 Å². The zero-order valence-electron chi connectivity index (χ0n) is 10.2. The van der Waals surface area contributed by atoms with Crippen molar-refractivity contribution in [3.8, 4) is 0 Å². The van der Waals surface area contributed by atoms with E-state index >= 15 is 0 Å². The van der Waals surface area contributed by atoms with E-state index in [1.54, 1.807) is 0 Å². The van der Waals surface area contributed by atoms with Crippen LogP contribution in [0.4, 0.5) is 0 Å². The molecule has 0 amide bonds. The van der Waals surface area contributed by atoms with Gasteiger partial charge in [0.25, 0.3) is 0 Å². The Kier molecular flexibility index (Phi) is 3.84. The minimum Gasteiger partial charge on any atom is -0.480 e. The Balaban J connectivity index is 2.01. The van der Waals surface area contributed by atoms with E-state index in [0.717, 1.165) is 24.4 Å². The minimum absolute atomic E-state index is 0.102. The molecule has 1 aromatic heterocycles. The van der Waals surface area contributed by atoms with E-state index in [9.17, 15) is 4.79 Å². The Bertz CT molecular complexity index is 380. The molecule has 1 aliphatic rings. The van der Waals surface area contributed by atoms with Crippen LogP contribution < -0.4 is 0 Å². The molecule has 4 nitrogen and oxygen atoms in total. The molecule has 0 saturated heterocycles. The van der Waals surface area contributed by atoms with Crippen LogP contribution in [0.15, 0.2) is 16.5 Å². The van der Waals surface area contributed by atoms with Gasteiger partial charge in [-0.3, -0.25) is 9.69 Å². The van der Waals surface area contributed by atoms with E-state index in [-0.39, 0.29) is 6.54 Å². The zero-order chi connectivity index (χ0) is 12.3. The molecule has 0 radical (unpaired) electrons. The first kappa shape index (κ1) is 12.2. The number of aryl methyl sites for hydroxylation is 1. The number of carboxylic acid groups (broad SMARTS) is 1. The van der Waals surface area contributed by atoms with Crippen LogP contribution in [0.3, 0.4) is 0 Å². The maximum Gasteiger partial charge on any atom is 0.317 e. The fourth-order valence-corrected chi connectivity index (χ4v) is 2.53. The van der Waals surface area contributed by atoms with Gasteiger partial charge in [-0.2, -0.15) is 0 Å². The molecule has 94 valence electrons. The molecule has 0 atom stereocenters. The second kappa shape index (κ2) is 5.36. The molecule has 1 fully saturated rings. The maximum absolute atomic E-state index is 10.9. The summed E-state index contributed by atoms with van der Waals surface area (Å²) in [6, 6.07) is 4.25. The van der Waals surface area contributed by atoms with Gasteiger partial charge in [-0.05, 0) is 31.9 Å². The molecule has 1 heterocycles. The van der Waals surface area contributed by atoms with Gasteiger partial charge in [-0.15, -0.1) is 0 Å². The van der Waals surface area contributed by atoms with Crippen LogP contribution in [0.2, 0.25) is 0 Å². The minimum atomic E-state index is -0.764. The summed E-state index contributed by atoms with van der Waals surface area (Å²) in [5.74, 6) is 0.970. The van der Waals surface area contributed by atoms with Crippen LogP contribution in [0.25, 0.3) is 0 Å². The maximum atomic E-state index is 10.9. The summed E-state index contributed by atoms with van der Waals surface area (Å²) in [5, 5.41) is 8.96. The molecule has 0 bridgehead atoms. The lowest BCUT2D eigenvalue weighted by Crippen LogP contribution is -2.36. The second-order valence-electron chi connectivity index (χ2n) is 4.75. The average molecular weight is 237 g/mol. The van der Waals surface area contributed by atoms with Crippen molar-refractivity contribution in [3.63, 3.8) is 0 Å². The Morgan fingerprint density at radius 1 is 1.47 bits per heavy atom. The van der Waals surface area contributed by atoms with Gasteiger partial charge in [0.15, 0.2) is 0 Å². The van der Waals surface area contributed by atoms with E-state index in [0.29, 0.717) is 12.6 Å². The van der Waals surface area contributed by atoms with Crippen molar-refractivity contribution < 1.29 is 14.3 Å². The summed E-state index contributed by atoms with van der Waals surface area (Å²) in [6.45, 7) is 2.61. The highest BCUT2D eigenvalue weighted by Gasteiger charge is 2.25. The first-order valence-electron chi connectivity index (χ1n) is 6.16. The predicted octanol–water partition coefficient (Wildman–Crippen LogP) is 2.42. The Morgan fingerprint density at radius 2 is 2.18 bits per heavy atom. The lowest BCUT2D eigenvalue weighted by molar-refractivity contribution is -0.139. The number of aliphatic carboxylic acids is 1. The molecule has 0 aromatic carbocycles. The average Bonchev–Trinajstić information content (AvgIpc) is 2.87. The predicted molar refractivity (Wildman–Crippen MR) is 63.7 cm³/mol. The van der Waals surface area contributed by atoms with Crippen molar-refractivity contribution in [1.82, 2.24) is 4.90 Å². The van der Waals surface area contributed by atoms with Gasteiger partial charge in [0.2, 0.25) is 0 Å². The van der Waals surface area contributed by atoms with Crippen molar-refractivity contribution in [3.05, 3.63) is 23.7 Å². The summed E-state index contributed by atoms with van der Waals surface area (Å²) in [6.07, 6.45) is 4.62. The molecule has 1 saturated carbocycles. The highest BCUT2D eigenvalue weighted by atomic mass is 16.4. The molecule has 0 spiro atoms. The number of hydrogen-bond acceptors (Lipinski definition) is 3. The molecule has 2 rings (SSSR count). The van der Waals surface area contributed by atoms with Gasteiger partial charge in [0, 0.05) is 6.04 Å². The first-order valence-corrected chi connectivity index (χ1v) is 6.16. The Morgan fingerprint density at radius 3 is 2.71 bits per heavy atom. The molecular weight excluding hydrogens is 218 g/mol. The molecule has 0 aliphatic heterocycles. The van der Waals surface area contributed by atoms with Gasteiger partial charge < -0.3 is 9.52 Å². The molecule has 0 unspecified atom stereocenters. The van der Waals surface area contributed by atoms with Crippen LogP contribution in [0.1, 0.15) is 37.2 Å². The highest BCUT2D eigenvalue weighted by Crippen LogP contribution is 2.25. The smallest absolute Gasteiger partial charge is 0.317 e. The monoisotopic (exact) mass is 237 g/mol. The lowest BCUT2D eigenvalue weighted by Gasteiger charge is -2.25. The van der Waals surface area contributed by atoms with Gasteiger partial charge in [-0.1, -0.05) is 12.8 Å². The standard InChI is InChI=1S/C13H19NO3/c1-10-6-7-12(17-10)8-14(9-13(15)16)11-4-2-3-5-11/h6-7,11H,2-5,8-9H2,1H3,(H,15,16). The molecule has 4 heteroatoms. The fourth-order valence-electron chi connectivity index (χ4n) is 2.53. The third-order valence-electron chi connectivity index (χ3n) is 3.33. The van der Waals surface area contributed by atoms with Crippen LogP contribution in [-0.2, 0) is 11.3 Å². The number of hydrogen-bond donors (Lipinski definition) is 1. The third kappa shape index (κ3) is 3.33. The largest absolute Gasteiger partial charge is 0.480 e.